The van der Waals surface area contributed by atoms with Crippen molar-refractivity contribution in [3.05, 3.63) is 64.2 Å². The van der Waals surface area contributed by atoms with Crippen LogP contribution in [-0.2, 0) is 4.74 Å². The van der Waals surface area contributed by atoms with Gasteiger partial charge in [-0.2, -0.15) is 0 Å². The monoisotopic (exact) mass is 382 g/mol. The van der Waals surface area contributed by atoms with Crippen LogP contribution in [-0.4, -0.2) is 19.3 Å². The van der Waals surface area contributed by atoms with Crippen LogP contribution in [0.3, 0.4) is 0 Å². The molecule has 1 atom stereocenters. The van der Waals surface area contributed by atoms with Crippen LogP contribution in [0.25, 0.3) is 21.9 Å². The summed E-state index contributed by atoms with van der Waals surface area (Å²) in [7, 11) is 0. The second-order valence-electron chi connectivity index (χ2n) is 7.01. The molecule has 0 N–H and O–H groups in total. The van der Waals surface area contributed by atoms with E-state index in [2.05, 4.69) is 32.9 Å². The van der Waals surface area contributed by atoms with Gasteiger partial charge in [-0.3, -0.25) is 0 Å². The molecule has 5 heteroatoms. The lowest BCUT2D eigenvalue weighted by Gasteiger charge is -2.14. The number of allylic oxidation sites excluding steroid dienone is 1. The second kappa shape index (κ2) is 8.93. The summed E-state index contributed by atoms with van der Waals surface area (Å²) in [6.45, 7) is 9.30. The van der Waals surface area contributed by atoms with Crippen molar-refractivity contribution in [2.24, 2.45) is 0 Å². The van der Waals surface area contributed by atoms with Crippen LogP contribution in [0.2, 0.25) is 0 Å². The molecule has 0 saturated carbocycles. The Balaban J connectivity index is 1.80. The minimum atomic E-state index is -0.402. The standard InChI is InChI=1S/C23H26O5/c1-5-25-17(12-15(2)3)13-16(4)8-10-27-23-18-6-7-22(24)28-21(18)14-20-19(23)9-11-26-20/h6-9,11-12,14,17H,5,10,13H2,1-4H3. The van der Waals surface area contributed by atoms with Gasteiger partial charge in [-0.25, -0.2) is 4.79 Å². The van der Waals surface area contributed by atoms with Gasteiger partial charge in [-0.05, 0) is 52.3 Å². The smallest absolute Gasteiger partial charge is 0.336 e. The Bertz CT molecular complexity index is 1060. The van der Waals surface area contributed by atoms with Gasteiger partial charge < -0.3 is 18.3 Å². The van der Waals surface area contributed by atoms with Gasteiger partial charge in [-0.1, -0.05) is 17.2 Å². The Morgan fingerprint density at radius 3 is 2.68 bits per heavy atom. The molecular weight excluding hydrogens is 356 g/mol. The lowest BCUT2D eigenvalue weighted by molar-refractivity contribution is 0.0960. The average Bonchev–Trinajstić information content (AvgIpc) is 3.08. The average molecular weight is 382 g/mol. The quantitative estimate of drug-likeness (QED) is 0.373. The van der Waals surface area contributed by atoms with E-state index < -0.39 is 5.63 Å². The fourth-order valence-corrected chi connectivity index (χ4v) is 3.19. The Morgan fingerprint density at radius 2 is 1.93 bits per heavy atom. The van der Waals surface area contributed by atoms with Crippen molar-refractivity contribution >= 4 is 21.9 Å². The molecule has 0 aliphatic carbocycles. The third-order valence-corrected chi connectivity index (χ3v) is 4.39. The Labute approximate surface area is 164 Å². The Kier molecular flexibility index (Phi) is 6.37. The zero-order valence-electron chi connectivity index (χ0n) is 16.8. The first kappa shape index (κ1) is 20.0. The van der Waals surface area contributed by atoms with Crippen LogP contribution >= 0.6 is 0 Å². The number of ether oxygens (including phenoxy) is 2. The molecule has 0 bridgehead atoms. The molecule has 5 nitrogen and oxygen atoms in total. The minimum absolute atomic E-state index is 0.0682. The fourth-order valence-electron chi connectivity index (χ4n) is 3.19. The summed E-state index contributed by atoms with van der Waals surface area (Å²) in [5.74, 6) is 0.653. The van der Waals surface area contributed by atoms with Crippen LogP contribution in [0.5, 0.6) is 5.75 Å². The van der Waals surface area contributed by atoms with Gasteiger partial charge in [0.2, 0.25) is 0 Å². The van der Waals surface area contributed by atoms with E-state index in [0.29, 0.717) is 30.1 Å². The maximum atomic E-state index is 11.5. The fraction of sp³-hybridized carbons (Fsp3) is 0.348. The van der Waals surface area contributed by atoms with E-state index in [-0.39, 0.29) is 6.10 Å². The molecule has 148 valence electrons. The van der Waals surface area contributed by atoms with Crippen molar-refractivity contribution in [2.45, 2.75) is 40.2 Å². The highest BCUT2D eigenvalue weighted by molar-refractivity contribution is 6.01. The first-order valence-electron chi connectivity index (χ1n) is 9.47. The molecule has 0 radical (unpaired) electrons. The van der Waals surface area contributed by atoms with Crippen molar-refractivity contribution in [3.8, 4) is 5.75 Å². The summed E-state index contributed by atoms with van der Waals surface area (Å²) in [6.07, 6.45) is 6.67. The summed E-state index contributed by atoms with van der Waals surface area (Å²) in [6, 6.07) is 6.69. The zero-order valence-corrected chi connectivity index (χ0v) is 16.8. The number of benzene rings is 1. The van der Waals surface area contributed by atoms with Crippen LogP contribution in [0.4, 0.5) is 0 Å². The lowest BCUT2D eigenvalue weighted by Crippen LogP contribution is -2.11. The number of fused-ring (bicyclic) bond motifs is 2. The van der Waals surface area contributed by atoms with Crippen LogP contribution in [0.15, 0.2) is 67.5 Å². The third-order valence-electron chi connectivity index (χ3n) is 4.39. The van der Waals surface area contributed by atoms with Crippen LogP contribution in [0.1, 0.15) is 34.1 Å². The molecule has 28 heavy (non-hydrogen) atoms. The first-order chi connectivity index (χ1) is 13.5. The van der Waals surface area contributed by atoms with Gasteiger partial charge in [0.25, 0.3) is 0 Å². The molecule has 0 aliphatic heterocycles. The summed E-state index contributed by atoms with van der Waals surface area (Å²) >= 11 is 0. The predicted molar refractivity (Wildman–Crippen MR) is 111 cm³/mol. The summed E-state index contributed by atoms with van der Waals surface area (Å²) < 4.78 is 22.6. The van der Waals surface area contributed by atoms with Crippen LogP contribution < -0.4 is 10.4 Å². The van der Waals surface area contributed by atoms with E-state index in [4.69, 9.17) is 18.3 Å². The largest absolute Gasteiger partial charge is 0.488 e. The first-order valence-corrected chi connectivity index (χ1v) is 9.47. The van der Waals surface area contributed by atoms with Crippen molar-refractivity contribution in [1.29, 1.82) is 0 Å². The van der Waals surface area contributed by atoms with Crippen molar-refractivity contribution in [1.82, 2.24) is 0 Å². The summed E-state index contributed by atoms with van der Waals surface area (Å²) in [5.41, 5.74) is 3.10. The van der Waals surface area contributed by atoms with E-state index in [1.54, 1.807) is 18.4 Å². The Morgan fingerprint density at radius 1 is 1.14 bits per heavy atom. The summed E-state index contributed by atoms with van der Waals surface area (Å²) in [4.78, 5) is 11.5. The highest BCUT2D eigenvalue weighted by Crippen LogP contribution is 2.35. The molecule has 0 fully saturated rings. The molecular formula is C23H26O5. The van der Waals surface area contributed by atoms with E-state index in [1.807, 2.05) is 13.0 Å². The molecule has 0 saturated heterocycles. The number of hydrogen-bond donors (Lipinski definition) is 0. The van der Waals surface area contributed by atoms with E-state index in [1.165, 1.54) is 17.2 Å². The molecule has 3 rings (SSSR count). The van der Waals surface area contributed by atoms with Gasteiger partial charge >= 0.3 is 5.63 Å². The summed E-state index contributed by atoms with van der Waals surface area (Å²) in [5, 5.41) is 1.60. The maximum absolute atomic E-state index is 11.5. The molecule has 1 aromatic carbocycles. The Hall–Kier alpha value is -2.79. The van der Waals surface area contributed by atoms with Crippen LogP contribution in [0, 0.1) is 0 Å². The molecule has 2 heterocycles. The van der Waals surface area contributed by atoms with Gasteiger partial charge in [0.1, 0.15) is 23.5 Å². The number of hydrogen-bond acceptors (Lipinski definition) is 5. The molecule has 0 spiro atoms. The molecule has 1 unspecified atom stereocenters. The zero-order chi connectivity index (χ0) is 20.1. The number of rotatable bonds is 8. The van der Waals surface area contributed by atoms with E-state index >= 15 is 0 Å². The normalized spacial score (nSPS) is 13.1. The van der Waals surface area contributed by atoms with E-state index in [9.17, 15) is 4.79 Å². The topological polar surface area (TPSA) is 61.8 Å². The number of furan rings is 1. The SMILES string of the molecule is CCOC(C=C(C)C)CC(C)=CCOc1c2ccoc2cc2oc(=O)ccc12. The second-order valence-corrected chi connectivity index (χ2v) is 7.01. The lowest BCUT2D eigenvalue weighted by atomic mass is 10.1. The maximum Gasteiger partial charge on any atom is 0.336 e. The van der Waals surface area contributed by atoms with Gasteiger partial charge in [0, 0.05) is 18.7 Å². The molecule has 2 aromatic heterocycles. The highest BCUT2D eigenvalue weighted by Gasteiger charge is 2.13. The highest BCUT2D eigenvalue weighted by atomic mass is 16.5. The van der Waals surface area contributed by atoms with Crippen molar-refractivity contribution in [2.75, 3.05) is 13.2 Å². The molecule has 0 amide bonds. The minimum Gasteiger partial charge on any atom is -0.488 e. The molecule has 0 aliphatic rings. The van der Waals surface area contributed by atoms with Crippen molar-refractivity contribution < 1.29 is 18.3 Å². The third kappa shape index (κ3) is 4.73. The van der Waals surface area contributed by atoms with Gasteiger partial charge in [-0.15, -0.1) is 0 Å². The predicted octanol–water partition coefficient (Wildman–Crippen LogP) is 5.63. The van der Waals surface area contributed by atoms with Gasteiger partial charge in [0.05, 0.1) is 23.1 Å². The van der Waals surface area contributed by atoms with E-state index in [0.717, 1.165) is 17.2 Å². The van der Waals surface area contributed by atoms with Crippen molar-refractivity contribution in [3.63, 3.8) is 0 Å². The molecule has 3 aromatic rings. The van der Waals surface area contributed by atoms with Gasteiger partial charge in [0.15, 0.2) is 0 Å².